The van der Waals surface area contributed by atoms with Gasteiger partial charge in [-0.2, -0.15) is 0 Å². The number of esters is 1. The van der Waals surface area contributed by atoms with Gasteiger partial charge in [0.25, 0.3) is 0 Å². The normalized spacial score (nSPS) is 33.4. The Balaban J connectivity index is 1.42. The highest BCUT2D eigenvalue weighted by Crippen LogP contribution is 2.55. The van der Waals surface area contributed by atoms with E-state index in [0.717, 1.165) is 48.4 Å². The van der Waals surface area contributed by atoms with Crippen LogP contribution in [0.4, 0.5) is 0 Å². The van der Waals surface area contributed by atoms with E-state index in [2.05, 4.69) is 4.98 Å². The van der Waals surface area contributed by atoms with E-state index >= 15 is 0 Å². The number of carbonyl (C=O) groups is 2. The summed E-state index contributed by atoms with van der Waals surface area (Å²) in [5.74, 6) is -1.13. The Bertz CT molecular complexity index is 935. The van der Waals surface area contributed by atoms with E-state index < -0.39 is 23.4 Å². The van der Waals surface area contributed by atoms with Crippen LogP contribution < -0.4 is 5.73 Å². The number of hydrogen-bond donors (Lipinski definition) is 3. The molecule has 0 spiro atoms. The molecule has 4 aliphatic carbocycles. The maximum Gasteiger partial charge on any atom is 0.322 e. The summed E-state index contributed by atoms with van der Waals surface area (Å²) in [6.45, 7) is 1.61. The fourth-order valence-corrected chi connectivity index (χ4v) is 6.54. The van der Waals surface area contributed by atoms with Crippen LogP contribution in [0.3, 0.4) is 0 Å². The van der Waals surface area contributed by atoms with Gasteiger partial charge in [0.1, 0.15) is 6.10 Å². The summed E-state index contributed by atoms with van der Waals surface area (Å²) in [6, 6.07) is 7.55. The van der Waals surface area contributed by atoms with Gasteiger partial charge >= 0.3 is 11.9 Å². The van der Waals surface area contributed by atoms with Crippen LogP contribution in [0.5, 0.6) is 0 Å². The number of carboxylic acids is 1. The molecule has 2 atom stereocenters. The Morgan fingerprint density at radius 3 is 2.38 bits per heavy atom. The lowest BCUT2D eigenvalue weighted by atomic mass is 9.55. The second-order valence-electron chi connectivity index (χ2n) is 9.63. The minimum Gasteiger partial charge on any atom is -0.481 e. The van der Waals surface area contributed by atoms with Crippen LogP contribution in [-0.2, 0) is 19.9 Å². The number of benzene rings is 1. The molecule has 1 heterocycles. The predicted molar refractivity (Wildman–Crippen MR) is 108 cm³/mol. The molecule has 1 aromatic carbocycles. The third kappa shape index (κ3) is 2.96. The number of carbonyl (C=O) groups excluding carboxylic acids is 1. The number of para-hydroxylation sites is 1. The summed E-state index contributed by atoms with van der Waals surface area (Å²) >= 11 is 0. The fraction of sp³-hybridized carbons (Fsp3) is 0.565. The third-order valence-corrected chi connectivity index (χ3v) is 7.64. The highest BCUT2D eigenvalue weighted by Gasteiger charge is 2.52. The number of rotatable bonds is 5. The van der Waals surface area contributed by atoms with E-state index in [9.17, 15) is 14.7 Å². The van der Waals surface area contributed by atoms with Crippen molar-refractivity contribution in [1.29, 1.82) is 0 Å². The summed E-state index contributed by atoms with van der Waals surface area (Å²) in [7, 11) is 0. The highest BCUT2D eigenvalue weighted by atomic mass is 16.5. The van der Waals surface area contributed by atoms with Gasteiger partial charge in [0.15, 0.2) is 5.92 Å². The van der Waals surface area contributed by atoms with E-state index in [1.54, 1.807) is 13.1 Å². The Morgan fingerprint density at radius 2 is 1.76 bits per heavy atom. The van der Waals surface area contributed by atoms with Gasteiger partial charge < -0.3 is 20.6 Å². The number of aliphatic carboxylic acids is 1. The first-order chi connectivity index (χ1) is 13.8. The smallest absolute Gasteiger partial charge is 0.322 e. The molecular formula is C23H28N2O4. The predicted octanol–water partition coefficient (Wildman–Crippen LogP) is 3.41. The molecule has 4 aliphatic rings. The van der Waals surface area contributed by atoms with Crippen LogP contribution in [0.1, 0.15) is 44.6 Å². The largest absolute Gasteiger partial charge is 0.481 e. The first-order valence-electron chi connectivity index (χ1n) is 10.6. The molecular weight excluding hydrogens is 368 g/mol. The Hall–Kier alpha value is -2.34. The van der Waals surface area contributed by atoms with E-state index in [4.69, 9.17) is 10.5 Å². The lowest BCUT2D eigenvalue weighted by Gasteiger charge is -2.53. The first kappa shape index (κ1) is 18.7. The zero-order valence-corrected chi connectivity index (χ0v) is 16.6. The Labute approximate surface area is 169 Å². The second-order valence-corrected chi connectivity index (χ2v) is 9.63. The van der Waals surface area contributed by atoms with Crippen molar-refractivity contribution in [2.24, 2.45) is 35.3 Å². The van der Waals surface area contributed by atoms with Gasteiger partial charge in [-0.05, 0) is 74.3 Å². The van der Waals surface area contributed by atoms with Crippen LogP contribution in [0.25, 0.3) is 10.9 Å². The standard InChI is InChI=1S/C23H28N2O4/c1-23(24,17-11-25-18-5-3-2-4-16(17)18)19(21(26)27)22(28)29-20-14-7-12-6-13(9-14)10-15(20)8-12/h2-5,11-15,19-20,25H,6-10,24H2,1H3,(H,26,27). The molecule has 6 heteroatoms. The maximum atomic E-state index is 13.2. The molecule has 4 fully saturated rings. The van der Waals surface area contributed by atoms with Crippen molar-refractivity contribution < 1.29 is 19.4 Å². The van der Waals surface area contributed by atoms with Crippen molar-refractivity contribution in [3.8, 4) is 0 Å². The minimum absolute atomic E-state index is 0.157. The summed E-state index contributed by atoms with van der Waals surface area (Å²) in [5.41, 5.74) is 6.62. The fourth-order valence-electron chi connectivity index (χ4n) is 6.54. The van der Waals surface area contributed by atoms with Gasteiger partial charge in [-0.15, -0.1) is 0 Å². The van der Waals surface area contributed by atoms with E-state index in [1.165, 1.54) is 6.42 Å². The van der Waals surface area contributed by atoms with Crippen LogP contribution >= 0.6 is 0 Å². The average molecular weight is 396 g/mol. The number of hydrogen-bond acceptors (Lipinski definition) is 4. The Morgan fingerprint density at radius 1 is 1.14 bits per heavy atom. The minimum atomic E-state index is -1.46. The lowest BCUT2D eigenvalue weighted by Crippen LogP contribution is -2.54. The molecule has 4 saturated carbocycles. The number of H-pyrrole nitrogens is 1. The van der Waals surface area contributed by atoms with Gasteiger partial charge in [-0.3, -0.25) is 9.59 Å². The Kier molecular flexibility index (Phi) is 4.24. The van der Waals surface area contributed by atoms with Crippen LogP contribution in [0.2, 0.25) is 0 Å². The topological polar surface area (TPSA) is 105 Å². The average Bonchev–Trinajstić information content (AvgIpc) is 3.08. The van der Waals surface area contributed by atoms with Crippen molar-refractivity contribution >= 4 is 22.8 Å². The number of fused-ring (bicyclic) bond motifs is 1. The number of ether oxygens (including phenoxy) is 1. The highest BCUT2D eigenvalue weighted by molar-refractivity contribution is 5.97. The molecule has 0 amide bonds. The molecule has 1 aromatic heterocycles. The number of carboxylic acid groups (broad SMARTS) is 1. The van der Waals surface area contributed by atoms with Gasteiger partial charge in [0.2, 0.25) is 0 Å². The molecule has 6 nitrogen and oxygen atoms in total. The zero-order valence-electron chi connectivity index (χ0n) is 16.6. The van der Waals surface area contributed by atoms with Crippen LogP contribution in [-0.4, -0.2) is 28.1 Å². The summed E-state index contributed by atoms with van der Waals surface area (Å²) in [6.07, 6.45) is 7.27. The molecule has 4 N–H and O–H groups in total. The van der Waals surface area contributed by atoms with Crippen LogP contribution in [0, 0.1) is 29.6 Å². The number of aromatic nitrogens is 1. The molecule has 0 saturated heterocycles. The van der Waals surface area contributed by atoms with Gasteiger partial charge in [0.05, 0.1) is 5.54 Å². The molecule has 4 bridgehead atoms. The molecule has 29 heavy (non-hydrogen) atoms. The second kappa shape index (κ2) is 6.59. The monoisotopic (exact) mass is 396 g/mol. The summed E-state index contributed by atoms with van der Waals surface area (Å²) in [4.78, 5) is 28.5. The van der Waals surface area contributed by atoms with Crippen LogP contribution in [0.15, 0.2) is 30.5 Å². The van der Waals surface area contributed by atoms with E-state index in [0.29, 0.717) is 17.4 Å². The van der Waals surface area contributed by atoms with Crippen molar-refractivity contribution in [3.05, 3.63) is 36.0 Å². The first-order valence-corrected chi connectivity index (χ1v) is 10.6. The van der Waals surface area contributed by atoms with Crippen molar-refractivity contribution in [3.63, 3.8) is 0 Å². The SMILES string of the molecule is CC(N)(c1c[nH]c2ccccc12)C(C(=O)O)C(=O)OC1C2CC3CC(C2)CC1C3. The number of nitrogens with one attached hydrogen (secondary N) is 1. The maximum absolute atomic E-state index is 13.2. The van der Waals surface area contributed by atoms with Gasteiger partial charge in [-0.1, -0.05) is 18.2 Å². The van der Waals surface area contributed by atoms with E-state index in [-0.39, 0.29) is 6.10 Å². The number of aromatic amines is 1. The van der Waals surface area contributed by atoms with Crippen molar-refractivity contribution in [1.82, 2.24) is 4.98 Å². The molecule has 154 valence electrons. The van der Waals surface area contributed by atoms with Crippen molar-refractivity contribution in [2.75, 3.05) is 0 Å². The molecule has 6 rings (SSSR count). The van der Waals surface area contributed by atoms with Crippen molar-refractivity contribution in [2.45, 2.75) is 50.7 Å². The lowest BCUT2D eigenvalue weighted by molar-refractivity contribution is -0.181. The summed E-state index contributed by atoms with van der Waals surface area (Å²) < 4.78 is 5.94. The molecule has 2 unspecified atom stereocenters. The molecule has 0 aliphatic heterocycles. The molecule has 2 aromatic rings. The quantitative estimate of drug-likeness (QED) is 0.530. The van der Waals surface area contributed by atoms with E-state index in [1.807, 2.05) is 24.3 Å². The number of nitrogens with two attached hydrogens (primary N) is 1. The van der Waals surface area contributed by atoms with Gasteiger partial charge in [-0.25, -0.2) is 0 Å². The third-order valence-electron chi connectivity index (χ3n) is 7.64. The zero-order chi connectivity index (χ0) is 20.3. The molecule has 0 radical (unpaired) electrons. The van der Waals surface area contributed by atoms with Gasteiger partial charge in [0, 0.05) is 17.1 Å². The summed E-state index contributed by atoms with van der Waals surface area (Å²) in [5, 5.41) is 10.8.